The van der Waals surface area contributed by atoms with Crippen LogP contribution in [0.3, 0.4) is 0 Å². The maximum Gasteiger partial charge on any atom is 0.159 e. The van der Waals surface area contributed by atoms with Crippen molar-refractivity contribution in [3.05, 3.63) is 5.70 Å². The van der Waals surface area contributed by atoms with Crippen LogP contribution in [0.5, 0.6) is 0 Å². The van der Waals surface area contributed by atoms with Gasteiger partial charge in [0.25, 0.3) is 0 Å². The van der Waals surface area contributed by atoms with Crippen LogP contribution in [0.4, 0.5) is 0 Å². The summed E-state index contributed by atoms with van der Waals surface area (Å²) in [5.74, 6) is 1.93. The van der Waals surface area contributed by atoms with E-state index in [2.05, 4.69) is 5.32 Å². The molecule has 1 N–H and O–H groups in total. The van der Waals surface area contributed by atoms with E-state index in [0.717, 1.165) is 19.5 Å². The van der Waals surface area contributed by atoms with Crippen LogP contribution in [0.15, 0.2) is 5.70 Å². The maximum absolute atomic E-state index is 10.7. The number of hydrogen-bond acceptors (Lipinski definition) is 4. The van der Waals surface area contributed by atoms with Gasteiger partial charge in [-0.3, -0.25) is 5.32 Å². The minimum absolute atomic E-state index is 0.282. The molecule has 0 aromatic heterocycles. The summed E-state index contributed by atoms with van der Waals surface area (Å²) in [6.07, 6.45) is 0.737. The molecule has 0 aliphatic carbocycles. The summed E-state index contributed by atoms with van der Waals surface area (Å²) in [5, 5.41) is 3.15. The minimum Gasteiger partial charge on any atom is -0.366 e. The third-order valence-corrected chi connectivity index (χ3v) is 2.10. The molecule has 4 heteroatoms. The van der Waals surface area contributed by atoms with Crippen molar-refractivity contribution >= 4 is 5.94 Å². The molecule has 1 fully saturated rings. The molecule has 0 aromatic carbocycles. The molecule has 0 aromatic rings. The highest BCUT2D eigenvalue weighted by atomic mass is 16.5. The molecule has 1 aliphatic heterocycles. The van der Waals surface area contributed by atoms with Gasteiger partial charge in [-0.15, -0.1) is 0 Å². The summed E-state index contributed by atoms with van der Waals surface area (Å²) in [5.41, 5.74) is 0.569. The zero-order valence-corrected chi connectivity index (χ0v) is 8.17. The lowest BCUT2D eigenvalue weighted by Gasteiger charge is -2.22. The van der Waals surface area contributed by atoms with Crippen LogP contribution in [-0.2, 0) is 9.53 Å². The largest absolute Gasteiger partial charge is 0.366 e. The van der Waals surface area contributed by atoms with Gasteiger partial charge in [0.05, 0.1) is 0 Å². The summed E-state index contributed by atoms with van der Waals surface area (Å²) in [4.78, 5) is 12.6. The Morgan fingerprint density at radius 3 is 3.15 bits per heavy atom. The fourth-order valence-electron chi connectivity index (χ4n) is 1.40. The quantitative estimate of drug-likeness (QED) is 0.613. The molecule has 0 saturated carbocycles. The number of likely N-dealkylation sites (N-methyl/N-ethyl adjacent to an activating group) is 1. The van der Waals surface area contributed by atoms with Crippen molar-refractivity contribution < 1.29 is 9.53 Å². The molecule has 1 saturated heterocycles. The molecular weight excluding hydrogens is 168 g/mol. The van der Waals surface area contributed by atoms with Crippen LogP contribution in [-0.4, -0.2) is 43.8 Å². The van der Waals surface area contributed by atoms with Gasteiger partial charge in [-0.1, -0.05) is 0 Å². The summed E-state index contributed by atoms with van der Waals surface area (Å²) in [6.45, 7) is 4.26. The standard InChI is InChI=1S/C9H16N2O2/c1-3-13-9-8(7-12)11(2)6-4-5-10-9/h9-10H,3-6H2,1-2H3. The summed E-state index contributed by atoms with van der Waals surface area (Å²) >= 11 is 0. The molecule has 13 heavy (non-hydrogen) atoms. The Morgan fingerprint density at radius 2 is 2.54 bits per heavy atom. The van der Waals surface area contributed by atoms with Crippen molar-refractivity contribution in [2.75, 3.05) is 26.7 Å². The van der Waals surface area contributed by atoms with Gasteiger partial charge in [0.15, 0.2) is 6.23 Å². The van der Waals surface area contributed by atoms with Crippen LogP contribution in [0.1, 0.15) is 13.3 Å². The highest BCUT2D eigenvalue weighted by Crippen LogP contribution is 2.09. The molecule has 1 aliphatic rings. The Labute approximate surface area is 78.5 Å². The predicted octanol–water partition coefficient (Wildman–Crippen LogP) is -0.0104. The van der Waals surface area contributed by atoms with Crippen molar-refractivity contribution in [2.45, 2.75) is 19.6 Å². The first-order valence-electron chi connectivity index (χ1n) is 4.60. The van der Waals surface area contributed by atoms with Crippen molar-refractivity contribution in [1.29, 1.82) is 0 Å². The average molecular weight is 184 g/mol. The zero-order valence-electron chi connectivity index (χ0n) is 8.17. The van der Waals surface area contributed by atoms with Crippen LogP contribution in [0.25, 0.3) is 0 Å². The molecule has 1 heterocycles. The Hall–Kier alpha value is -0.830. The number of rotatable bonds is 2. The van der Waals surface area contributed by atoms with E-state index < -0.39 is 0 Å². The molecule has 4 nitrogen and oxygen atoms in total. The second-order valence-corrected chi connectivity index (χ2v) is 3.05. The Morgan fingerprint density at radius 1 is 1.77 bits per heavy atom. The van der Waals surface area contributed by atoms with E-state index in [-0.39, 0.29) is 6.23 Å². The molecule has 0 amide bonds. The molecule has 1 unspecified atom stereocenters. The van der Waals surface area contributed by atoms with Gasteiger partial charge in [0.2, 0.25) is 0 Å². The normalized spacial score (nSPS) is 24.0. The topological polar surface area (TPSA) is 41.6 Å². The van der Waals surface area contributed by atoms with Gasteiger partial charge in [-0.2, -0.15) is 0 Å². The first-order valence-corrected chi connectivity index (χ1v) is 4.60. The van der Waals surface area contributed by atoms with Gasteiger partial charge in [0, 0.05) is 20.2 Å². The van der Waals surface area contributed by atoms with Crippen LogP contribution in [0.2, 0.25) is 0 Å². The number of carbonyl (C=O) groups excluding carboxylic acids is 1. The molecule has 0 spiro atoms. The molecule has 1 rings (SSSR count). The SMILES string of the molecule is CCOC1NCCCN(C)C1=C=O. The number of hydrogen-bond donors (Lipinski definition) is 1. The average Bonchev–Trinajstić information content (AvgIpc) is 2.28. The van der Waals surface area contributed by atoms with Crippen molar-refractivity contribution in [1.82, 2.24) is 10.2 Å². The summed E-state index contributed by atoms with van der Waals surface area (Å²) in [6, 6.07) is 0. The summed E-state index contributed by atoms with van der Waals surface area (Å²) in [7, 11) is 1.89. The highest BCUT2D eigenvalue weighted by Gasteiger charge is 2.21. The predicted molar refractivity (Wildman–Crippen MR) is 49.9 cm³/mol. The van der Waals surface area contributed by atoms with Gasteiger partial charge >= 0.3 is 0 Å². The fourth-order valence-corrected chi connectivity index (χ4v) is 1.40. The number of ether oxygens (including phenoxy) is 1. The second-order valence-electron chi connectivity index (χ2n) is 3.05. The van der Waals surface area contributed by atoms with Crippen LogP contribution >= 0.6 is 0 Å². The smallest absolute Gasteiger partial charge is 0.159 e. The van der Waals surface area contributed by atoms with Crippen molar-refractivity contribution in [3.8, 4) is 0 Å². The van der Waals surface area contributed by atoms with Gasteiger partial charge < -0.3 is 9.64 Å². The molecule has 74 valence electrons. The van der Waals surface area contributed by atoms with E-state index in [1.54, 1.807) is 0 Å². The molecule has 1 atom stereocenters. The lowest BCUT2D eigenvalue weighted by molar-refractivity contribution is 0.0549. The Balaban J connectivity index is 2.71. The third-order valence-electron chi connectivity index (χ3n) is 2.10. The van der Waals surface area contributed by atoms with E-state index in [0.29, 0.717) is 12.3 Å². The third kappa shape index (κ3) is 2.56. The van der Waals surface area contributed by atoms with E-state index in [1.165, 1.54) is 0 Å². The van der Waals surface area contributed by atoms with E-state index in [4.69, 9.17) is 4.74 Å². The van der Waals surface area contributed by atoms with Gasteiger partial charge in [-0.25, -0.2) is 4.79 Å². The lowest BCUT2D eigenvalue weighted by Crippen LogP contribution is -2.36. The van der Waals surface area contributed by atoms with E-state index in [9.17, 15) is 4.79 Å². The van der Waals surface area contributed by atoms with Crippen LogP contribution in [0, 0.1) is 0 Å². The number of nitrogens with zero attached hydrogens (tertiary/aromatic N) is 1. The fraction of sp³-hybridized carbons (Fsp3) is 0.778. The lowest BCUT2D eigenvalue weighted by atomic mass is 10.4. The second kappa shape index (κ2) is 5.02. The van der Waals surface area contributed by atoms with Gasteiger partial charge in [0.1, 0.15) is 11.6 Å². The zero-order chi connectivity index (χ0) is 9.68. The number of nitrogens with one attached hydrogen (secondary N) is 1. The maximum atomic E-state index is 10.7. The minimum atomic E-state index is -0.282. The van der Waals surface area contributed by atoms with Crippen molar-refractivity contribution in [3.63, 3.8) is 0 Å². The van der Waals surface area contributed by atoms with Crippen molar-refractivity contribution in [2.24, 2.45) is 0 Å². The van der Waals surface area contributed by atoms with E-state index >= 15 is 0 Å². The Kier molecular flexibility index (Phi) is 3.96. The van der Waals surface area contributed by atoms with E-state index in [1.807, 2.05) is 24.8 Å². The molecule has 0 bridgehead atoms. The van der Waals surface area contributed by atoms with Crippen LogP contribution < -0.4 is 5.32 Å². The highest BCUT2D eigenvalue weighted by molar-refractivity contribution is 5.53. The van der Waals surface area contributed by atoms with Gasteiger partial charge in [-0.05, 0) is 19.9 Å². The molecule has 0 radical (unpaired) electrons. The first kappa shape index (κ1) is 10.3. The Bertz CT molecular complexity index is 212. The molecular formula is C9H16N2O2. The monoisotopic (exact) mass is 184 g/mol. The summed E-state index contributed by atoms with van der Waals surface area (Å²) < 4.78 is 5.38. The first-order chi connectivity index (χ1) is 6.29.